The van der Waals surface area contributed by atoms with Crippen molar-refractivity contribution in [2.45, 2.75) is 27.3 Å². The third-order valence-corrected chi connectivity index (χ3v) is 4.52. The van der Waals surface area contributed by atoms with E-state index in [-0.39, 0.29) is 10.6 Å². The molecule has 25 heavy (non-hydrogen) atoms. The summed E-state index contributed by atoms with van der Waals surface area (Å²) >= 11 is 0. The van der Waals surface area contributed by atoms with Crippen molar-refractivity contribution in [3.63, 3.8) is 0 Å². The second-order valence-corrected chi connectivity index (χ2v) is 6.15. The molecule has 1 heterocycles. The van der Waals surface area contributed by atoms with E-state index >= 15 is 0 Å². The van der Waals surface area contributed by atoms with Crippen molar-refractivity contribution in [2.75, 3.05) is 0 Å². The Hall–Kier alpha value is -2.71. The maximum absolute atomic E-state index is 11.5. The van der Waals surface area contributed by atoms with Gasteiger partial charge in [0.05, 0.1) is 10.4 Å². The lowest BCUT2D eigenvalue weighted by Crippen LogP contribution is -2.29. The summed E-state index contributed by atoms with van der Waals surface area (Å²) in [5.74, 6) is 0.689. The molecule has 8 heteroatoms. The van der Waals surface area contributed by atoms with E-state index in [0.29, 0.717) is 28.9 Å². The lowest BCUT2D eigenvalue weighted by molar-refractivity contribution is -0.383. The van der Waals surface area contributed by atoms with Crippen molar-refractivity contribution in [1.29, 1.82) is 0 Å². The van der Waals surface area contributed by atoms with Gasteiger partial charge in [-0.25, -0.2) is 4.98 Å². The molecular weight excluding hydrogens is 321 g/mol. The van der Waals surface area contributed by atoms with E-state index in [1.807, 2.05) is 24.5 Å². The molecule has 0 aliphatic carbocycles. The molecule has 0 amide bonds. The van der Waals surface area contributed by atoms with Gasteiger partial charge in [-0.1, -0.05) is 24.3 Å². The number of nitrogens with zero attached hydrogens (tertiary/aromatic N) is 3. The van der Waals surface area contributed by atoms with Crippen LogP contribution in [0.1, 0.15) is 22.5 Å². The van der Waals surface area contributed by atoms with Crippen LogP contribution in [0.15, 0.2) is 30.3 Å². The number of fused-ring (bicyclic) bond motifs is 1. The van der Waals surface area contributed by atoms with Gasteiger partial charge in [0.25, 0.3) is 5.69 Å². The number of nitro benzene ring substituents is 1. The van der Waals surface area contributed by atoms with Gasteiger partial charge in [-0.2, -0.15) is 0 Å². The molecule has 0 saturated heterocycles. The molecule has 0 atom stereocenters. The van der Waals surface area contributed by atoms with Crippen LogP contribution in [0.5, 0.6) is 0 Å². The van der Waals surface area contributed by atoms with Gasteiger partial charge >= 0.3 is 7.12 Å². The monoisotopic (exact) mass is 339 g/mol. The number of aromatic nitrogens is 2. The van der Waals surface area contributed by atoms with Crippen molar-refractivity contribution in [1.82, 2.24) is 9.55 Å². The molecular formula is C17H18BN3O4. The van der Waals surface area contributed by atoms with Gasteiger partial charge in [-0.05, 0) is 43.4 Å². The standard InChI is InChI=1S/C17H18BN3O4/c1-10-8-15-16(17(11(10)2)21(24)25)19-12(3)20(15)9-13-4-6-14(7-5-13)18(22)23/h4-8,22-23H,9H2,1-3H3. The first-order chi connectivity index (χ1) is 11.8. The third-order valence-electron chi connectivity index (χ3n) is 4.52. The molecule has 0 fully saturated rings. The van der Waals surface area contributed by atoms with E-state index in [4.69, 9.17) is 0 Å². The summed E-state index contributed by atoms with van der Waals surface area (Å²) in [6, 6.07) is 8.81. The number of hydrogen-bond acceptors (Lipinski definition) is 5. The lowest BCUT2D eigenvalue weighted by atomic mass is 9.80. The minimum atomic E-state index is -1.50. The van der Waals surface area contributed by atoms with Crippen LogP contribution in [0.25, 0.3) is 11.0 Å². The summed E-state index contributed by atoms with van der Waals surface area (Å²) in [5.41, 5.74) is 4.00. The quantitative estimate of drug-likeness (QED) is 0.427. The van der Waals surface area contributed by atoms with E-state index in [9.17, 15) is 20.2 Å². The fourth-order valence-corrected chi connectivity index (χ4v) is 2.98. The van der Waals surface area contributed by atoms with E-state index in [0.717, 1.165) is 16.6 Å². The van der Waals surface area contributed by atoms with Crippen LogP contribution in [0.3, 0.4) is 0 Å². The van der Waals surface area contributed by atoms with E-state index in [2.05, 4.69) is 4.98 Å². The van der Waals surface area contributed by atoms with Gasteiger partial charge in [0, 0.05) is 12.1 Å². The average Bonchev–Trinajstić information content (AvgIpc) is 2.84. The molecule has 1 aromatic heterocycles. The Morgan fingerprint density at radius 1 is 1.20 bits per heavy atom. The highest BCUT2D eigenvalue weighted by Crippen LogP contribution is 2.32. The summed E-state index contributed by atoms with van der Waals surface area (Å²) in [7, 11) is -1.50. The molecule has 0 aliphatic heterocycles. The van der Waals surface area contributed by atoms with Crippen LogP contribution < -0.4 is 5.46 Å². The average molecular weight is 339 g/mol. The molecule has 0 unspecified atom stereocenters. The van der Waals surface area contributed by atoms with E-state index in [1.165, 1.54) is 0 Å². The summed E-state index contributed by atoms with van der Waals surface area (Å²) in [4.78, 5) is 15.5. The summed E-state index contributed by atoms with van der Waals surface area (Å²) < 4.78 is 1.93. The van der Waals surface area contributed by atoms with Crippen LogP contribution in [-0.2, 0) is 6.54 Å². The zero-order valence-electron chi connectivity index (χ0n) is 14.2. The Bertz CT molecular complexity index is 964. The molecule has 0 aliphatic rings. The van der Waals surface area contributed by atoms with Crippen LogP contribution in [0.4, 0.5) is 5.69 Å². The Morgan fingerprint density at radius 2 is 1.84 bits per heavy atom. The Morgan fingerprint density at radius 3 is 2.40 bits per heavy atom. The Labute approximate surface area is 144 Å². The molecule has 3 rings (SSSR count). The molecule has 0 spiro atoms. The number of aryl methyl sites for hydroxylation is 2. The highest BCUT2D eigenvalue weighted by atomic mass is 16.6. The van der Waals surface area contributed by atoms with Gasteiger partial charge in [0.1, 0.15) is 5.82 Å². The normalized spacial score (nSPS) is 11.1. The largest absolute Gasteiger partial charge is 0.488 e. The minimum absolute atomic E-state index is 0.0515. The van der Waals surface area contributed by atoms with Crippen molar-refractivity contribution in [2.24, 2.45) is 0 Å². The molecule has 2 N–H and O–H groups in total. The fraction of sp³-hybridized carbons (Fsp3) is 0.235. The maximum Gasteiger partial charge on any atom is 0.488 e. The van der Waals surface area contributed by atoms with Gasteiger partial charge in [0.2, 0.25) is 0 Å². The smallest absolute Gasteiger partial charge is 0.423 e. The van der Waals surface area contributed by atoms with E-state index < -0.39 is 7.12 Å². The SMILES string of the molecule is Cc1cc2c(nc(C)n2Cc2ccc(B(O)O)cc2)c([N+](=O)[O-])c1C. The molecule has 0 bridgehead atoms. The van der Waals surface area contributed by atoms with Crippen LogP contribution in [0, 0.1) is 30.9 Å². The summed E-state index contributed by atoms with van der Waals surface area (Å²) in [5, 5.41) is 29.8. The highest BCUT2D eigenvalue weighted by molar-refractivity contribution is 6.58. The second kappa shape index (κ2) is 6.31. The first-order valence-corrected chi connectivity index (χ1v) is 7.86. The predicted octanol–water partition coefficient (Wildman–Crippen LogP) is 1.60. The van der Waals surface area contributed by atoms with Crippen molar-refractivity contribution < 1.29 is 15.0 Å². The zero-order chi connectivity index (χ0) is 18.3. The van der Waals surface area contributed by atoms with Gasteiger partial charge in [-0.15, -0.1) is 0 Å². The van der Waals surface area contributed by atoms with Crippen molar-refractivity contribution >= 4 is 29.3 Å². The third kappa shape index (κ3) is 3.01. The van der Waals surface area contributed by atoms with Gasteiger partial charge in [-0.3, -0.25) is 10.1 Å². The predicted molar refractivity (Wildman–Crippen MR) is 96.0 cm³/mol. The van der Waals surface area contributed by atoms with Crippen LogP contribution >= 0.6 is 0 Å². The second-order valence-electron chi connectivity index (χ2n) is 6.15. The van der Waals surface area contributed by atoms with Crippen LogP contribution in [-0.4, -0.2) is 31.6 Å². The highest BCUT2D eigenvalue weighted by Gasteiger charge is 2.23. The number of imidazole rings is 1. The molecule has 0 saturated carbocycles. The molecule has 128 valence electrons. The van der Waals surface area contributed by atoms with Crippen molar-refractivity contribution in [3.05, 3.63) is 63.0 Å². The molecule has 7 nitrogen and oxygen atoms in total. The van der Waals surface area contributed by atoms with Gasteiger partial charge < -0.3 is 14.6 Å². The van der Waals surface area contributed by atoms with Crippen LogP contribution in [0.2, 0.25) is 0 Å². The van der Waals surface area contributed by atoms with Gasteiger partial charge in [0.15, 0.2) is 5.52 Å². The number of nitro groups is 1. The zero-order valence-corrected chi connectivity index (χ0v) is 14.2. The molecule has 2 aromatic carbocycles. The van der Waals surface area contributed by atoms with Crippen molar-refractivity contribution in [3.8, 4) is 0 Å². The molecule has 3 aromatic rings. The first kappa shape index (κ1) is 17.1. The topological polar surface area (TPSA) is 101 Å². The number of rotatable bonds is 4. The maximum atomic E-state index is 11.5. The van der Waals surface area contributed by atoms with E-state index in [1.54, 1.807) is 31.2 Å². The molecule has 0 radical (unpaired) electrons. The summed E-state index contributed by atoms with van der Waals surface area (Å²) in [6.45, 7) is 5.90. The fourth-order valence-electron chi connectivity index (χ4n) is 2.98. The number of benzene rings is 2. The minimum Gasteiger partial charge on any atom is -0.423 e. The summed E-state index contributed by atoms with van der Waals surface area (Å²) in [6.07, 6.45) is 0. The number of hydrogen-bond donors (Lipinski definition) is 2. The Balaban J connectivity index is 2.10. The first-order valence-electron chi connectivity index (χ1n) is 7.86. The Kier molecular flexibility index (Phi) is 4.32. The lowest BCUT2D eigenvalue weighted by Gasteiger charge is -2.09.